The van der Waals surface area contributed by atoms with Gasteiger partial charge in [-0.3, -0.25) is 4.79 Å². The van der Waals surface area contributed by atoms with E-state index in [0.29, 0.717) is 12.8 Å². The Hall–Kier alpha value is -2.14. The fourth-order valence-electron chi connectivity index (χ4n) is 2.95. The predicted octanol–water partition coefficient (Wildman–Crippen LogP) is 2.95. The van der Waals surface area contributed by atoms with Crippen LogP contribution in [0.25, 0.3) is 11.4 Å². The zero-order valence-corrected chi connectivity index (χ0v) is 13.6. The van der Waals surface area contributed by atoms with Crippen LogP contribution in [-0.2, 0) is 17.8 Å². The first-order valence-electron chi connectivity index (χ1n) is 8.34. The molecule has 0 spiro atoms. The van der Waals surface area contributed by atoms with Crippen molar-refractivity contribution in [3.05, 3.63) is 36.2 Å². The van der Waals surface area contributed by atoms with Crippen molar-refractivity contribution in [2.24, 2.45) is 5.73 Å². The number of anilines is 1. The predicted molar refractivity (Wildman–Crippen MR) is 92.1 cm³/mol. The molecule has 5 heteroatoms. The molecular weight excluding hydrogens is 288 g/mol. The molecule has 1 aromatic carbocycles. The summed E-state index contributed by atoms with van der Waals surface area (Å²) >= 11 is 0. The molecule has 0 bridgehead atoms. The summed E-state index contributed by atoms with van der Waals surface area (Å²) in [6, 6.07) is 7.96. The number of carbonyl (C=O) groups excluding carboxylic acids is 1. The minimum Gasteiger partial charge on any atom is -0.328 e. The van der Waals surface area contributed by atoms with Gasteiger partial charge in [-0.1, -0.05) is 0 Å². The highest BCUT2D eigenvalue weighted by Crippen LogP contribution is 2.25. The first kappa shape index (κ1) is 15.7. The lowest BCUT2D eigenvalue weighted by molar-refractivity contribution is -0.116. The average molecular weight is 312 g/mol. The molecule has 122 valence electrons. The molecular formula is C18H24N4O. The summed E-state index contributed by atoms with van der Waals surface area (Å²) < 4.78 is 2.31. The molecule has 1 atom stereocenters. The van der Waals surface area contributed by atoms with Gasteiger partial charge in [0.25, 0.3) is 0 Å². The Balaban J connectivity index is 1.68. The van der Waals surface area contributed by atoms with Gasteiger partial charge in [0.05, 0.1) is 0 Å². The molecule has 0 saturated heterocycles. The highest BCUT2D eigenvalue weighted by atomic mass is 16.1. The van der Waals surface area contributed by atoms with Gasteiger partial charge in [0.2, 0.25) is 5.91 Å². The summed E-state index contributed by atoms with van der Waals surface area (Å²) in [7, 11) is 0. The summed E-state index contributed by atoms with van der Waals surface area (Å²) in [5, 5.41) is 2.91. The van der Waals surface area contributed by atoms with Gasteiger partial charge < -0.3 is 15.6 Å². The number of aromatic nitrogens is 2. The van der Waals surface area contributed by atoms with Crippen molar-refractivity contribution in [1.82, 2.24) is 9.55 Å². The third-order valence-electron chi connectivity index (χ3n) is 4.26. The molecule has 1 aliphatic rings. The fourth-order valence-corrected chi connectivity index (χ4v) is 2.95. The Kier molecular flexibility index (Phi) is 4.76. The normalized spacial score (nSPS) is 15.0. The van der Waals surface area contributed by atoms with Gasteiger partial charge in [-0.15, -0.1) is 0 Å². The van der Waals surface area contributed by atoms with Crippen LogP contribution in [0.5, 0.6) is 0 Å². The summed E-state index contributed by atoms with van der Waals surface area (Å²) in [5.74, 6) is 1.03. The second-order valence-electron chi connectivity index (χ2n) is 6.32. The number of benzene rings is 1. The van der Waals surface area contributed by atoms with E-state index in [0.717, 1.165) is 30.0 Å². The second-order valence-corrected chi connectivity index (χ2v) is 6.32. The number of nitrogens with two attached hydrogens (primary N) is 1. The van der Waals surface area contributed by atoms with E-state index in [1.165, 1.54) is 18.5 Å². The number of imidazole rings is 1. The monoisotopic (exact) mass is 312 g/mol. The molecule has 0 radical (unpaired) electrons. The van der Waals surface area contributed by atoms with E-state index in [2.05, 4.69) is 14.9 Å². The van der Waals surface area contributed by atoms with Crippen LogP contribution in [0.4, 0.5) is 5.69 Å². The molecule has 1 unspecified atom stereocenters. The molecule has 1 aromatic heterocycles. The van der Waals surface area contributed by atoms with Crippen LogP contribution >= 0.6 is 0 Å². The minimum atomic E-state index is 0.00763. The first-order valence-corrected chi connectivity index (χ1v) is 8.34. The van der Waals surface area contributed by atoms with Crippen LogP contribution in [0, 0.1) is 0 Å². The highest BCUT2D eigenvalue weighted by Gasteiger charge is 2.15. The van der Waals surface area contributed by atoms with Crippen LogP contribution < -0.4 is 11.1 Å². The van der Waals surface area contributed by atoms with Crippen LogP contribution in [0.3, 0.4) is 0 Å². The number of carbonyl (C=O) groups is 1. The topological polar surface area (TPSA) is 72.9 Å². The lowest BCUT2D eigenvalue weighted by Gasteiger charge is -2.16. The highest BCUT2D eigenvalue weighted by molar-refractivity contribution is 5.90. The summed E-state index contributed by atoms with van der Waals surface area (Å²) in [4.78, 5) is 16.4. The van der Waals surface area contributed by atoms with Crippen molar-refractivity contribution in [2.75, 3.05) is 5.32 Å². The Morgan fingerprint density at radius 1 is 1.35 bits per heavy atom. The van der Waals surface area contributed by atoms with Crippen LogP contribution in [0.15, 0.2) is 30.5 Å². The lowest BCUT2D eigenvalue weighted by Crippen LogP contribution is -2.19. The second kappa shape index (κ2) is 6.96. The van der Waals surface area contributed by atoms with Crippen molar-refractivity contribution in [2.45, 2.75) is 51.6 Å². The third-order valence-corrected chi connectivity index (χ3v) is 4.26. The van der Waals surface area contributed by atoms with Crippen molar-refractivity contribution >= 4 is 11.6 Å². The molecule has 3 N–H and O–H groups in total. The van der Waals surface area contributed by atoms with Crippen LogP contribution in [0.1, 0.15) is 38.3 Å². The number of hydrogen-bond donors (Lipinski definition) is 2. The number of amides is 1. The summed E-state index contributed by atoms with van der Waals surface area (Å²) in [6.07, 6.45) is 6.71. The minimum absolute atomic E-state index is 0.00763. The van der Waals surface area contributed by atoms with Crippen molar-refractivity contribution in [3.8, 4) is 11.4 Å². The molecule has 1 aliphatic heterocycles. The Bertz CT molecular complexity index is 673. The molecule has 1 amide bonds. The molecule has 0 saturated carbocycles. The standard InChI is InChI=1S/C18H24N4O/c1-13(19)5-10-17(23)21-15-8-6-14(7-9-15)18-20-12-16-4-2-3-11-22(16)18/h6-9,12-13H,2-5,10-11,19H2,1H3,(H,21,23). The maximum absolute atomic E-state index is 11.8. The van der Waals surface area contributed by atoms with Gasteiger partial charge in [-0.2, -0.15) is 0 Å². The number of nitrogens with zero attached hydrogens (tertiary/aromatic N) is 2. The Morgan fingerprint density at radius 2 is 2.13 bits per heavy atom. The third kappa shape index (κ3) is 3.79. The van der Waals surface area contributed by atoms with E-state index in [1.54, 1.807) is 0 Å². The van der Waals surface area contributed by atoms with Gasteiger partial charge >= 0.3 is 0 Å². The molecule has 0 aliphatic carbocycles. The van der Waals surface area contributed by atoms with Crippen molar-refractivity contribution in [3.63, 3.8) is 0 Å². The number of hydrogen-bond acceptors (Lipinski definition) is 3. The van der Waals surface area contributed by atoms with Gasteiger partial charge in [0, 0.05) is 42.1 Å². The zero-order chi connectivity index (χ0) is 16.2. The van der Waals surface area contributed by atoms with E-state index in [1.807, 2.05) is 37.4 Å². The van der Waals surface area contributed by atoms with Gasteiger partial charge in [0.15, 0.2) is 0 Å². The molecule has 3 rings (SSSR count). The Labute approximate surface area is 136 Å². The maximum Gasteiger partial charge on any atom is 0.224 e. The van der Waals surface area contributed by atoms with E-state index >= 15 is 0 Å². The molecule has 2 heterocycles. The van der Waals surface area contributed by atoms with E-state index < -0.39 is 0 Å². The smallest absolute Gasteiger partial charge is 0.224 e. The largest absolute Gasteiger partial charge is 0.328 e. The van der Waals surface area contributed by atoms with Crippen molar-refractivity contribution in [1.29, 1.82) is 0 Å². The van der Waals surface area contributed by atoms with Crippen molar-refractivity contribution < 1.29 is 4.79 Å². The maximum atomic E-state index is 11.8. The molecule has 2 aromatic rings. The number of aryl methyl sites for hydroxylation is 1. The van der Waals surface area contributed by atoms with E-state index in [-0.39, 0.29) is 11.9 Å². The summed E-state index contributed by atoms with van der Waals surface area (Å²) in [6.45, 7) is 2.95. The van der Waals surface area contributed by atoms with E-state index in [9.17, 15) is 4.79 Å². The molecule has 23 heavy (non-hydrogen) atoms. The lowest BCUT2D eigenvalue weighted by atomic mass is 10.1. The first-order chi connectivity index (χ1) is 11.1. The van der Waals surface area contributed by atoms with E-state index in [4.69, 9.17) is 5.73 Å². The van der Waals surface area contributed by atoms with Gasteiger partial charge in [0.1, 0.15) is 5.82 Å². The number of fused-ring (bicyclic) bond motifs is 1. The molecule has 5 nitrogen and oxygen atoms in total. The Morgan fingerprint density at radius 3 is 2.87 bits per heavy atom. The van der Waals surface area contributed by atoms with Gasteiger partial charge in [-0.25, -0.2) is 4.98 Å². The van der Waals surface area contributed by atoms with Crippen LogP contribution in [-0.4, -0.2) is 21.5 Å². The number of nitrogens with one attached hydrogen (secondary N) is 1. The SMILES string of the molecule is CC(N)CCC(=O)Nc1ccc(-c2ncc3n2CCCC3)cc1. The fraction of sp³-hybridized carbons (Fsp3) is 0.444. The summed E-state index contributed by atoms with van der Waals surface area (Å²) in [5.41, 5.74) is 8.90. The number of rotatable bonds is 5. The average Bonchev–Trinajstić information content (AvgIpc) is 2.98. The van der Waals surface area contributed by atoms with Crippen LogP contribution in [0.2, 0.25) is 0 Å². The quantitative estimate of drug-likeness (QED) is 0.891. The molecule has 0 fully saturated rings. The zero-order valence-electron chi connectivity index (χ0n) is 13.6. The van der Waals surface area contributed by atoms with Gasteiger partial charge in [-0.05, 0) is 56.9 Å².